The summed E-state index contributed by atoms with van der Waals surface area (Å²) in [4.78, 5) is 10.5. The minimum atomic E-state index is -4.44. The van der Waals surface area contributed by atoms with Crippen LogP contribution in [0.3, 0.4) is 0 Å². The predicted octanol–water partition coefficient (Wildman–Crippen LogP) is 1.35. The standard InChI is InChI=1S/C9H8F3NO.Na/c10-9(11,12)7-4-2-1-3-6(7)5-8(13)14;/h1-4H,5H2,(H2,13,14);. The molecule has 15 heavy (non-hydrogen) atoms. The van der Waals surface area contributed by atoms with Crippen LogP contribution < -0.4 is 5.73 Å². The molecule has 0 saturated heterocycles. The first-order valence-electron chi connectivity index (χ1n) is 3.84. The zero-order valence-corrected chi connectivity index (χ0v) is 10.1. The Hall–Kier alpha value is -0.520. The molecule has 0 spiro atoms. The molecule has 0 aliphatic carbocycles. The first-order chi connectivity index (χ1) is 6.41. The molecule has 0 atom stereocenters. The Morgan fingerprint density at radius 1 is 1.27 bits per heavy atom. The third kappa shape index (κ3) is 4.24. The van der Waals surface area contributed by atoms with Gasteiger partial charge < -0.3 is 5.73 Å². The van der Waals surface area contributed by atoms with Crippen molar-refractivity contribution in [2.45, 2.75) is 12.6 Å². The average molecular weight is 226 g/mol. The van der Waals surface area contributed by atoms with Crippen LogP contribution in [0.4, 0.5) is 13.2 Å². The molecule has 1 aromatic carbocycles. The van der Waals surface area contributed by atoms with Crippen molar-refractivity contribution in [2.75, 3.05) is 0 Å². The van der Waals surface area contributed by atoms with Gasteiger partial charge in [0.2, 0.25) is 5.91 Å². The van der Waals surface area contributed by atoms with E-state index < -0.39 is 24.1 Å². The number of carbonyl (C=O) groups excluding carboxylic acids is 1. The van der Waals surface area contributed by atoms with Gasteiger partial charge >= 0.3 is 6.18 Å². The molecule has 0 bridgehead atoms. The summed E-state index contributed by atoms with van der Waals surface area (Å²) in [6.45, 7) is 0. The van der Waals surface area contributed by atoms with Gasteiger partial charge in [0.15, 0.2) is 0 Å². The number of rotatable bonds is 2. The second kappa shape index (κ2) is 5.53. The van der Waals surface area contributed by atoms with Gasteiger partial charge in [-0.2, -0.15) is 13.2 Å². The molecule has 0 aliphatic heterocycles. The number of benzene rings is 1. The van der Waals surface area contributed by atoms with E-state index in [0.29, 0.717) is 0 Å². The molecule has 1 radical (unpaired) electrons. The quantitative estimate of drug-likeness (QED) is 0.760. The van der Waals surface area contributed by atoms with Crippen LogP contribution in [-0.4, -0.2) is 35.5 Å². The molecule has 6 heteroatoms. The normalized spacial score (nSPS) is 10.6. The second-order valence-electron chi connectivity index (χ2n) is 2.80. The van der Waals surface area contributed by atoms with E-state index in [4.69, 9.17) is 5.73 Å². The fraction of sp³-hybridized carbons (Fsp3) is 0.222. The Bertz CT molecular complexity index is 351. The van der Waals surface area contributed by atoms with Gasteiger partial charge in [-0.25, -0.2) is 0 Å². The van der Waals surface area contributed by atoms with Crippen LogP contribution in [-0.2, 0) is 17.4 Å². The Balaban J connectivity index is 0.00000196. The summed E-state index contributed by atoms with van der Waals surface area (Å²) in [6.07, 6.45) is -4.83. The fourth-order valence-corrected chi connectivity index (χ4v) is 1.14. The van der Waals surface area contributed by atoms with Gasteiger partial charge in [-0.15, -0.1) is 0 Å². The van der Waals surface area contributed by atoms with Gasteiger partial charge in [-0.1, -0.05) is 18.2 Å². The molecule has 0 heterocycles. The van der Waals surface area contributed by atoms with Crippen molar-refractivity contribution in [1.82, 2.24) is 0 Å². The Morgan fingerprint density at radius 3 is 2.27 bits per heavy atom. The number of carbonyl (C=O) groups is 1. The molecule has 1 rings (SSSR count). The number of amides is 1. The molecule has 2 nitrogen and oxygen atoms in total. The van der Waals surface area contributed by atoms with Gasteiger partial charge in [-0.05, 0) is 11.6 Å². The molecule has 1 amide bonds. The van der Waals surface area contributed by atoms with Crippen molar-refractivity contribution in [3.05, 3.63) is 35.4 Å². The SMILES string of the molecule is NC(=O)Cc1ccccc1C(F)(F)F.[Na]. The zero-order chi connectivity index (χ0) is 10.8. The van der Waals surface area contributed by atoms with Gasteiger partial charge in [-0.3, -0.25) is 4.79 Å². The topological polar surface area (TPSA) is 43.1 Å². The first-order valence-corrected chi connectivity index (χ1v) is 3.84. The van der Waals surface area contributed by atoms with Crippen LogP contribution in [0, 0.1) is 0 Å². The van der Waals surface area contributed by atoms with Crippen LogP contribution in [0.15, 0.2) is 24.3 Å². The second-order valence-corrected chi connectivity index (χ2v) is 2.80. The van der Waals surface area contributed by atoms with E-state index in [1.807, 2.05) is 0 Å². The third-order valence-corrected chi connectivity index (χ3v) is 1.69. The Labute approximate surface area is 107 Å². The van der Waals surface area contributed by atoms with E-state index in [0.717, 1.165) is 6.07 Å². The molecule has 0 aromatic heterocycles. The largest absolute Gasteiger partial charge is 0.416 e. The number of primary amides is 1. The maximum absolute atomic E-state index is 12.3. The minimum Gasteiger partial charge on any atom is -0.369 e. The third-order valence-electron chi connectivity index (χ3n) is 1.69. The average Bonchev–Trinajstić information content (AvgIpc) is 2.01. The van der Waals surface area contributed by atoms with E-state index in [1.54, 1.807) is 0 Å². The van der Waals surface area contributed by atoms with Crippen LogP contribution in [0.25, 0.3) is 0 Å². The minimum absolute atomic E-state index is 0. The summed E-state index contributed by atoms with van der Waals surface area (Å²) < 4.78 is 37.0. The van der Waals surface area contributed by atoms with Gasteiger partial charge in [0, 0.05) is 29.6 Å². The van der Waals surface area contributed by atoms with Gasteiger partial charge in [0.05, 0.1) is 12.0 Å². The Kier molecular flexibility index (Phi) is 5.34. The smallest absolute Gasteiger partial charge is 0.369 e. The number of nitrogens with two attached hydrogens (primary N) is 1. The Morgan fingerprint density at radius 2 is 1.80 bits per heavy atom. The van der Waals surface area contributed by atoms with Crippen molar-refractivity contribution >= 4 is 35.5 Å². The van der Waals surface area contributed by atoms with Crippen LogP contribution in [0.5, 0.6) is 0 Å². The molecule has 0 saturated carbocycles. The monoisotopic (exact) mass is 226 g/mol. The molecule has 0 aliphatic rings. The molecule has 0 fully saturated rings. The van der Waals surface area contributed by atoms with Crippen LogP contribution >= 0.6 is 0 Å². The summed E-state index contributed by atoms with van der Waals surface area (Å²) in [6, 6.07) is 4.88. The van der Waals surface area contributed by atoms with E-state index in [9.17, 15) is 18.0 Å². The number of halogens is 3. The maximum atomic E-state index is 12.3. The van der Waals surface area contributed by atoms with Crippen LogP contribution in [0.1, 0.15) is 11.1 Å². The number of alkyl halides is 3. The summed E-state index contributed by atoms with van der Waals surface area (Å²) in [5, 5.41) is 0. The van der Waals surface area contributed by atoms with Crippen molar-refractivity contribution in [1.29, 1.82) is 0 Å². The fourth-order valence-electron chi connectivity index (χ4n) is 1.14. The summed E-state index contributed by atoms with van der Waals surface area (Å²) in [5.74, 6) is -0.776. The van der Waals surface area contributed by atoms with E-state index in [-0.39, 0.29) is 35.1 Å². The van der Waals surface area contributed by atoms with Crippen molar-refractivity contribution in [3.63, 3.8) is 0 Å². The van der Waals surface area contributed by atoms with E-state index >= 15 is 0 Å². The van der Waals surface area contributed by atoms with Crippen LogP contribution in [0.2, 0.25) is 0 Å². The molecular weight excluding hydrogens is 218 g/mol. The number of hydrogen-bond donors (Lipinski definition) is 1. The van der Waals surface area contributed by atoms with Crippen molar-refractivity contribution < 1.29 is 18.0 Å². The van der Waals surface area contributed by atoms with E-state index in [1.165, 1.54) is 18.2 Å². The van der Waals surface area contributed by atoms with Crippen molar-refractivity contribution in [3.8, 4) is 0 Å². The van der Waals surface area contributed by atoms with Gasteiger partial charge in [0.1, 0.15) is 0 Å². The number of hydrogen-bond acceptors (Lipinski definition) is 1. The maximum Gasteiger partial charge on any atom is 0.416 e. The van der Waals surface area contributed by atoms with E-state index in [2.05, 4.69) is 0 Å². The molecular formula is C9H8F3NNaO. The summed E-state index contributed by atoms with van der Waals surface area (Å²) in [5.41, 5.74) is 3.93. The molecule has 2 N–H and O–H groups in total. The van der Waals surface area contributed by atoms with Gasteiger partial charge in [0.25, 0.3) is 0 Å². The molecule has 0 unspecified atom stereocenters. The van der Waals surface area contributed by atoms with Crippen molar-refractivity contribution in [2.24, 2.45) is 5.73 Å². The molecule has 77 valence electrons. The summed E-state index contributed by atoms with van der Waals surface area (Å²) >= 11 is 0. The molecule has 1 aromatic rings. The predicted molar refractivity (Wildman–Crippen MR) is 50.1 cm³/mol. The zero-order valence-electron chi connectivity index (χ0n) is 8.14. The summed E-state index contributed by atoms with van der Waals surface area (Å²) in [7, 11) is 0. The first kappa shape index (κ1) is 14.5.